The number of aromatic hydroxyl groups is 2. The average Bonchev–Trinajstić information content (AvgIpc) is 3.19. The predicted molar refractivity (Wildman–Crippen MR) is 125 cm³/mol. The fourth-order valence-electron chi connectivity index (χ4n) is 3.39. The van der Waals surface area contributed by atoms with Crippen LogP contribution in [0.25, 0.3) is 11.1 Å². The van der Waals surface area contributed by atoms with Crippen molar-refractivity contribution in [3.05, 3.63) is 119 Å². The first-order valence-electron chi connectivity index (χ1n) is 10.1. The number of benzene rings is 4. The van der Waals surface area contributed by atoms with Gasteiger partial charge in [0.2, 0.25) is 0 Å². The highest BCUT2D eigenvalue weighted by Gasteiger charge is 2.15. The van der Waals surface area contributed by atoms with E-state index in [0.717, 1.165) is 6.42 Å². The number of phenols is 2. The first-order valence-corrected chi connectivity index (χ1v) is 10.1. The maximum atomic E-state index is 10.3. The van der Waals surface area contributed by atoms with Crippen LogP contribution in [0, 0.1) is 0 Å². The van der Waals surface area contributed by atoms with Gasteiger partial charge in [-0.1, -0.05) is 72.8 Å². The zero-order valence-corrected chi connectivity index (χ0v) is 17.6. The van der Waals surface area contributed by atoms with Gasteiger partial charge in [-0.25, -0.2) is 9.59 Å². The number of carboxylic acids is 2. The molecule has 166 valence electrons. The zero-order chi connectivity index (χ0) is 23.8. The summed E-state index contributed by atoms with van der Waals surface area (Å²) >= 11 is 0. The molecule has 4 aromatic carbocycles. The fourth-order valence-corrected chi connectivity index (χ4v) is 3.39. The van der Waals surface area contributed by atoms with E-state index >= 15 is 0 Å². The van der Waals surface area contributed by atoms with E-state index in [1.54, 1.807) is 24.3 Å². The molecular weight excluding hydrogens is 420 g/mol. The summed E-state index contributed by atoms with van der Waals surface area (Å²) in [6, 6.07) is 28.9. The van der Waals surface area contributed by atoms with E-state index in [1.807, 2.05) is 0 Å². The van der Waals surface area contributed by atoms with E-state index in [1.165, 1.54) is 46.5 Å². The molecule has 6 nitrogen and oxygen atoms in total. The maximum Gasteiger partial charge on any atom is 0.339 e. The molecule has 0 amide bonds. The SMILES string of the molecule is O=C(O)c1ccccc1O.O=C(O)c1ccccc1O.c1ccc2c(c1)Cc1ccccc1-2. The standard InChI is InChI=1S/C13H10.2C7H6O3/c1-3-7-12-10(5-1)9-11-6-2-4-8-13(11)12;2*8-6-4-2-1-3-5(6)7(9)10/h1-8H,9H2;2*1-4,8H,(H,9,10). The second-order valence-corrected chi connectivity index (χ2v) is 7.14. The molecule has 0 aromatic heterocycles. The number of rotatable bonds is 2. The van der Waals surface area contributed by atoms with E-state index < -0.39 is 11.9 Å². The molecule has 5 rings (SSSR count). The van der Waals surface area contributed by atoms with Gasteiger partial charge in [-0.05, 0) is 52.9 Å². The van der Waals surface area contributed by atoms with Gasteiger partial charge < -0.3 is 20.4 Å². The second-order valence-electron chi connectivity index (χ2n) is 7.14. The van der Waals surface area contributed by atoms with Crippen molar-refractivity contribution >= 4 is 11.9 Å². The number of fused-ring (bicyclic) bond motifs is 3. The number of para-hydroxylation sites is 2. The third kappa shape index (κ3) is 5.77. The summed E-state index contributed by atoms with van der Waals surface area (Å²) in [6.45, 7) is 0. The van der Waals surface area contributed by atoms with Crippen LogP contribution < -0.4 is 0 Å². The van der Waals surface area contributed by atoms with Crippen molar-refractivity contribution in [2.24, 2.45) is 0 Å². The Balaban J connectivity index is 0.000000142. The molecule has 0 radical (unpaired) electrons. The van der Waals surface area contributed by atoms with Crippen molar-refractivity contribution in [3.8, 4) is 22.6 Å². The van der Waals surface area contributed by atoms with Gasteiger partial charge in [0, 0.05) is 0 Å². The Labute approximate surface area is 190 Å². The van der Waals surface area contributed by atoms with E-state index in [-0.39, 0.29) is 22.6 Å². The van der Waals surface area contributed by atoms with Crippen LogP contribution in [0.15, 0.2) is 97.1 Å². The zero-order valence-electron chi connectivity index (χ0n) is 17.6. The molecule has 0 saturated carbocycles. The van der Waals surface area contributed by atoms with Gasteiger partial charge in [0.1, 0.15) is 22.6 Å². The van der Waals surface area contributed by atoms with Crippen molar-refractivity contribution in [1.82, 2.24) is 0 Å². The molecule has 6 heteroatoms. The van der Waals surface area contributed by atoms with E-state index in [0.29, 0.717) is 0 Å². The van der Waals surface area contributed by atoms with Gasteiger partial charge in [0.05, 0.1) is 0 Å². The minimum Gasteiger partial charge on any atom is -0.507 e. The van der Waals surface area contributed by atoms with Crippen molar-refractivity contribution in [2.75, 3.05) is 0 Å². The van der Waals surface area contributed by atoms with E-state index in [4.69, 9.17) is 20.4 Å². The molecule has 0 fully saturated rings. The Kier molecular flexibility index (Phi) is 7.44. The van der Waals surface area contributed by atoms with Gasteiger partial charge in [-0.3, -0.25) is 0 Å². The molecule has 0 unspecified atom stereocenters. The molecule has 33 heavy (non-hydrogen) atoms. The summed E-state index contributed by atoms with van der Waals surface area (Å²) in [7, 11) is 0. The minimum atomic E-state index is -1.11. The third-order valence-corrected chi connectivity index (χ3v) is 4.97. The predicted octanol–water partition coefficient (Wildman–Crippen LogP) is 5.44. The Morgan fingerprint density at radius 2 is 0.848 bits per heavy atom. The van der Waals surface area contributed by atoms with Gasteiger partial charge in [-0.15, -0.1) is 0 Å². The largest absolute Gasteiger partial charge is 0.507 e. The van der Waals surface area contributed by atoms with Crippen LogP contribution in [0.2, 0.25) is 0 Å². The molecule has 0 spiro atoms. The Morgan fingerprint density at radius 1 is 0.515 bits per heavy atom. The Bertz CT molecular complexity index is 1180. The van der Waals surface area contributed by atoms with E-state index in [2.05, 4.69) is 48.5 Å². The monoisotopic (exact) mass is 442 g/mol. The Hall–Kier alpha value is -4.58. The number of hydrogen-bond donors (Lipinski definition) is 4. The number of hydrogen-bond acceptors (Lipinski definition) is 4. The van der Waals surface area contributed by atoms with Crippen molar-refractivity contribution in [3.63, 3.8) is 0 Å². The summed E-state index contributed by atoms with van der Waals surface area (Å²) in [6.07, 6.45) is 1.10. The van der Waals surface area contributed by atoms with Crippen LogP contribution in [0.3, 0.4) is 0 Å². The summed E-state index contributed by atoms with van der Waals surface area (Å²) in [5, 5.41) is 34.6. The van der Waals surface area contributed by atoms with Crippen molar-refractivity contribution in [2.45, 2.75) is 6.42 Å². The molecular formula is C27H22O6. The highest BCUT2D eigenvalue weighted by Crippen LogP contribution is 2.35. The van der Waals surface area contributed by atoms with Crippen LogP contribution >= 0.6 is 0 Å². The highest BCUT2D eigenvalue weighted by molar-refractivity contribution is 5.91. The molecule has 1 aliphatic rings. The third-order valence-electron chi connectivity index (χ3n) is 4.97. The average molecular weight is 442 g/mol. The normalized spacial score (nSPS) is 10.4. The van der Waals surface area contributed by atoms with Gasteiger partial charge >= 0.3 is 11.9 Å². The fraction of sp³-hybridized carbons (Fsp3) is 0.0370. The summed E-state index contributed by atoms with van der Waals surface area (Å²) in [5.74, 6) is -2.62. The summed E-state index contributed by atoms with van der Waals surface area (Å²) in [5.41, 5.74) is 5.62. The van der Waals surface area contributed by atoms with Crippen LogP contribution in [0.4, 0.5) is 0 Å². The number of carboxylic acid groups (broad SMARTS) is 2. The summed E-state index contributed by atoms with van der Waals surface area (Å²) < 4.78 is 0. The molecule has 4 aromatic rings. The molecule has 0 bridgehead atoms. The lowest BCUT2D eigenvalue weighted by Gasteiger charge is -1.98. The van der Waals surface area contributed by atoms with Crippen LogP contribution in [-0.4, -0.2) is 32.4 Å². The molecule has 0 heterocycles. The summed E-state index contributed by atoms with van der Waals surface area (Å²) in [4.78, 5) is 20.5. The molecule has 1 aliphatic carbocycles. The first kappa shape index (κ1) is 23.1. The van der Waals surface area contributed by atoms with Crippen LogP contribution in [0.1, 0.15) is 31.8 Å². The lowest BCUT2D eigenvalue weighted by Crippen LogP contribution is -1.95. The number of aromatic carboxylic acids is 2. The first-order chi connectivity index (χ1) is 15.9. The van der Waals surface area contributed by atoms with E-state index in [9.17, 15) is 9.59 Å². The topological polar surface area (TPSA) is 115 Å². The van der Waals surface area contributed by atoms with Gasteiger partial charge in [0.25, 0.3) is 0 Å². The van der Waals surface area contributed by atoms with Crippen molar-refractivity contribution < 1.29 is 30.0 Å². The molecule has 0 aliphatic heterocycles. The second kappa shape index (κ2) is 10.6. The molecule has 4 N–H and O–H groups in total. The van der Waals surface area contributed by atoms with Crippen molar-refractivity contribution in [1.29, 1.82) is 0 Å². The number of carbonyl (C=O) groups is 2. The van der Waals surface area contributed by atoms with Crippen LogP contribution in [-0.2, 0) is 6.42 Å². The highest BCUT2D eigenvalue weighted by atomic mass is 16.4. The smallest absolute Gasteiger partial charge is 0.339 e. The maximum absolute atomic E-state index is 10.3. The molecule has 0 atom stereocenters. The lowest BCUT2D eigenvalue weighted by molar-refractivity contribution is 0.0682. The Morgan fingerprint density at radius 3 is 1.18 bits per heavy atom. The minimum absolute atomic E-state index is 0.0671. The van der Waals surface area contributed by atoms with Gasteiger partial charge in [-0.2, -0.15) is 0 Å². The lowest BCUT2D eigenvalue weighted by atomic mass is 10.1. The quantitative estimate of drug-likeness (QED) is 0.289. The molecule has 0 saturated heterocycles. The van der Waals surface area contributed by atoms with Crippen LogP contribution in [0.5, 0.6) is 11.5 Å². The van der Waals surface area contributed by atoms with Gasteiger partial charge in [0.15, 0.2) is 0 Å².